The second-order valence-electron chi connectivity index (χ2n) is 4.18. The topological polar surface area (TPSA) is 60.2 Å². The van der Waals surface area contributed by atoms with Crippen molar-refractivity contribution in [2.24, 2.45) is 0 Å². The molecule has 0 fully saturated rings. The van der Waals surface area contributed by atoms with Gasteiger partial charge in [0, 0.05) is 15.1 Å². The molecule has 0 unspecified atom stereocenters. The third-order valence-electron chi connectivity index (χ3n) is 2.66. The molecule has 0 heterocycles. The fourth-order valence-corrected chi connectivity index (χ4v) is 3.95. The van der Waals surface area contributed by atoms with E-state index in [4.69, 9.17) is 40.5 Å². The molecule has 2 aromatic carbocycles. The van der Waals surface area contributed by atoms with Gasteiger partial charge in [-0.2, -0.15) is 0 Å². The zero-order chi connectivity index (χ0) is 14.9. The van der Waals surface area contributed by atoms with Crippen molar-refractivity contribution in [3.05, 3.63) is 57.0 Å². The maximum absolute atomic E-state index is 12.4. The summed E-state index contributed by atoms with van der Waals surface area (Å²) in [7, 11) is -3.66. The molecule has 3 nitrogen and oxygen atoms in total. The first-order valence-electron chi connectivity index (χ1n) is 5.51. The Balaban J connectivity index is 2.46. The van der Waals surface area contributed by atoms with Crippen molar-refractivity contribution in [1.29, 1.82) is 0 Å². The van der Waals surface area contributed by atoms with Crippen molar-refractivity contribution in [2.75, 3.05) is 5.73 Å². The average Bonchev–Trinajstić information content (AvgIpc) is 2.36. The van der Waals surface area contributed by atoms with E-state index >= 15 is 0 Å². The number of hydrogen-bond acceptors (Lipinski definition) is 3. The zero-order valence-electron chi connectivity index (χ0n) is 10.1. The fourth-order valence-electron chi connectivity index (χ4n) is 1.71. The number of rotatable bonds is 3. The molecule has 0 aliphatic carbocycles. The van der Waals surface area contributed by atoms with Crippen LogP contribution in [-0.2, 0) is 15.6 Å². The highest BCUT2D eigenvalue weighted by Crippen LogP contribution is 2.29. The van der Waals surface area contributed by atoms with Gasteiger partial charge in [0.25, 0.3) is 0 Å². The van der Waals surface area contributed by atoms with Crippen molar-refractivity contribution in [3.63, 3.8) is 0 Å². The Morgan fingerprint density at radius 2 is 1.55 bits per heavy atom. The lowest BCUT2D eigenvalue weighted by atomic mass is 10.2. The molecule has 2 aromatic rings. The van der Waals surface area contributed by atoms with Crippen LogP contribution in [0.25, 0.3) is 0 Å². The normalized spacial score (nSPS) is 11.6. The van der Waals surface area contributed by atoms with E-state index in [1.165, 1.54) is 24.3 Å². The van der Waals surface area contributed by atoms with E-state index in [-0.39, 0.29) is 16.3 Å². The molecule has 0 spiro atoms. The van der Waals surface area contributed by atoms with Crippen LogP contribution in [0, 0.1) is 0 Å². The first-order chi connectivity index (χ1) is 9.29. The van der Waals surface area contributed by atoms with Crippen LogP contribution in [0.5, 0.6) is 0 Å². The van der Waals surface area contributed by atoms with E-state index in [1.807, 2.05) is 0 Å². The molecule has 20 heavy (non-hydrogen) atoms. The number of nitrogen functional groups attached to an aromatic ring is 1. The highest BCUT2D eigenvalue weighted by atomic mass is 35.5. The van der Waals surface area contributed by atoms with E-state index in [2.05, 4.69) is 0 Å². The second-order valence-corrected chi connectivity index (χ2v) is 7.42. The van der Waals surface area contributed by atoms with Crippen molar-refractivity contribution in [3.8, 4) is 0 Å². The number of nitrogens with two attached hydrogens (primary N) is 1. The molecular formula is C13H10Cl3NO2S. The third kappa shape index (κ3) is 3.38. The lowest BCUT2D eigenvalue weighted by Gasteiger charge is -2.09. The van der Waals surface area contributed by atoms with Gasteiger partial charge in [0.1, 0.15) is 0 Å². The molecule has 7 heteroatoms. The molecule has 0 atom stereocenters. The van der Waals surface area contributed by atoms with Gasteiger partial charge in [-0.15, -0.1) is 0 Å². The van der Waals surface area contributed by atoms with Crippen LogP contribution in [0.15, 0.2) is 41.3 Å². The van der Waals surface area contributed by atoms with Crippen LogP contribution in [0.3, 0.4) is 0 Å². The number of benzene rings is 2. The fraction of sp³-hybridized carbons (Fsp3) is 0.0769. The van der Waals surface area contributed by atoms with Gasteiger partial charge in [0.2, 0.25) is 0 Å². The third-order valence-corrected chi connectivity index (χ3v) is 5.22. The van der Waals surface area contributed by atoms with Gasteiger partial charge in [0.15, 0.2) is 9.84 Å². The van der Waals surface area contributed by atoms with E-state index in [0.29, 0.717) is 20.6 Å². The smallest absolute Gasteiger partial charge is 0.184 e. The van der Waals surface area contributed by atoms with Crippen molar-refractivity contribution >= 4 is 50.3 Å². The Hall–Kier alpha value is -0.940. The molecule has 0 radical (unpaired) electrons. The molecule has 0 aromatic heterocycles. The molecule has 0 saturated carbocycles. The summed E-state index contributed by atoms with van der Waals surface area (Å²) in [4.78, 5) is -0.0129. The minimum absolute atomic E-state index is 0.0129. The number of halogens is 3. The minimum atomic E-state index is -3.66. The summed E-state index contributed by atoms with van der Waals surface area (Å²) in [6, 6.07) is 8.97. The Labute approximate surface area is 132 Å². The Morgan fingerprint density at radius 1 is 0.950 bits per heavy atom. The second kappa shape index (κ2) is 5.82. The number of hydrogen-bond donors (Lipinski definition) is 1. The maximum atomic E-state index is 12.4. The molecule has 2 rings (SSSR count). The summed E-state index contributed by atoms with van der Waals surface area (Å²) < 4.78 is 24.8. The van der Waals surface area contributed by atoms with Gasteiger partial charge in [-0.3, -0.25) is 0 Å². The van der Waals surface area contributed by atoms with Gasteiger partial charge in [-0.25, -0.2) is 8.42 Å². The van der Waals surface area contributed by atoms with Crippen LogP contribution in [0.2, 0.25) is 15.1 Å². The summed E-state index contributed by atoms with van der Waals surface area (Å²) in [6.07, 6.45) is 0. The SMILES string of the molecule is Nc1ccc(Cl)cc1S(=O)(=O)Cc1cc(Cl)ccc1Cl. The largest absolute Gasteiger partial charge is 0.398 e. The van der Waals surface area contributed by atoms with E-state index in [9.17, 15) is 8.42 Å². The summed E-state index contributed by atoms with van der Waals surface area (Å²) in [6.45, 7) is 0. The summed E-state index contributed by atoms with van der Waals surface area (Å²) in [5.74, 6) is -0.295. The lowest BCUT2D eigenvalue weighted by molar-refractivity contribution is 0.595. The van der Waals surface area contributed by atoms with Crippen LogP contribution in [0.4, 0.5) is 5.69 Å². The summed E-state index contributed by atoms with van der Waals surface area (Å²) in [5, 5.41) is 1.05. The first-order valence-corrected chi connectivity index (χ1v) is 8.30. The molecule has 106 valence electrons. The maximum Gasteiger partial charge on any atom is 0.184 e. The highest BCUT2D eigenvalue weighted by Gasteiger charge is 2.20. The Morgan fingerprint density at radius 3 is 2.25 bits per heavy atom. The standard InChI is InChI=1S/C13H10Cl3NO2S/c14-9-1-3-11(16)8(5-9)7-20(18,19)13-6-10(15)2-4-12(13)17/h1-6H,7,17H2. The van der Waals surface area contributed by atoms with Gasteiger partial charge in [0.05, 0.1) is 16.3 Å². The number of sulfone groups is 1. The van der Waals surface area contributed by atoms with Gasteiger partial charge >= 0.3 is 0 Å². The predicted molar refractivity (Wildman–Crippen MR) is 83.2 cm³/mol. The highest BCUT2D eigenvalue weighted by molar-refractivity contribution is 7.90. The number of anilines is 1. The van der Waals surface area contributed by atoms with Crippen LogP contribution < -0.4 is 5.73 Å². The van der Waals surface area contributed by atoms with Crippen molar-refractivity contribution in [1.82, 2.24) is 0 Å². The van der Waals surface area contributed by atoms with Crippen LogP contribution in [-0.4, -0.2) is 8.42 Å². The lowest BCUT2D eigenvalue weighted by Crippen LogP contribution is -2.08. The predicted octanol–water partition coefficient (Wildman–Crippen LogP) is 4.20. The Kier molecular flexibility index (Phi) is 4.49. The molecule has 0 bridgehead atoms. The van der Waals surface area contributed by atoms with Gasteiger partial charge in [-0.1, -0.05) is 34.8 Å². The Bertz CT molecular complexity index is 760. The first kappa shape index (κ1) is 15.4. The van der Waals surface area contributed by atoms with Gasteiger partial charge < -0.3 is 5.73 Å². The molecule has 0 aliphatic heterocycles. The molecule has 0 amide bonds. The summed E-state index contributed by atoms with van der Waals surface area (Å²) in [5.41, 5.74) is 6.26. The van der Waals surface area contributed by atoms with Gasteiger partial charge in [-0.05, 0) is 42.0 Å². The summed E-state index contributed by atoms with van der Waals surface area (Å²) >= 11 is 17.6. The molecule has 2 N–H and O–H groups in total. The minimum Gasteiger partial charge on any atom is -0.398 e. The van der Waals surface area contributed by atoms with Crippen LogP contribution in [0.1, 0.15) is 5.56 Å². The molecule has 0 saturated heterocycles. The molecular weight excluding hydrogens is 341 g/mol. The van der Waals surface area contributed by atoms with Crippen molar-refractivity contribution < 1.29 is 8.42 Å². The average molecular weight is 351 g/mol. The zero-order valence-corrected chi connectivity index (χ0v) is 13.2. The quantitative estimate of drug-likeness (QED) is 0.844. The monoisotopic (exact) mass is 349 g/mol. The van der Waals surface area contributed by atoms with E-state index < -0.39 is 9.84 Å². The molecule has 0 aliphatic rings. The van der Waals surface area contributed by atoms with Crippen LogP contribution >= 0.6 is 34.8 Å². The van der Waals surface area contributed by atoms with E-state index in [1.54, 1.807) is 12.1 Å². The van der Waals surface area contributed by atoms with E-state index in [0.717, 1.165) is 0 Å². The van der Waals surface area contributed by atoms with Crippen molar-refractivity contribution in [2.45, 2.75) is 10.6 Å².